The number of thioether (sulfide) groups is 1. The van der Waals surface area contributed by atoms with Gasteiger partial charge in [-0.25, -0.2) is 4.79 Å². The van der Waals surface area contributed by atoms with E-state index in [1.165, 1.54) is 12.1 Å². The molecular weight excluding hydrogens is 234 g/mol. The Bertz CT molecular complexity index is 374. The maximum Gasteiger partial charge on any atom is 0.393 e. The highest BCUT2D eigenvalue weighted by Crippen LogP contribution is 2.36. The third kappa shape index (κ3) is 3.20. The molecule has 2 nitrogen and oxygen atoms in total. The zero-order valence-corrected chi connectivity index (χ0v) is 9.72. The maximum atomic E-state index is 12.9. The molecule has 16 heavy (non-hydrogen) atoms. The summed E-state index contributed by atoms with van der Waals surface area (Å²) >= 11 is 0.0415. The highest BCUT2D eigenvalue weighted by Gasteiger charge is 2.40. The topological polar surface area (TPSA) is 37.3 Å². The summed E-state index contributed by atoms with van der Waals surface area (Å²) in [6.07, 6.45) is 0. The molecule has 0 unspecified atom stereocenters. The summed E-state index contributed by atoms with van der Waals surface area (Å²) in [5, 5.41) is 4.50. The standard InChI is InChI=1S/C11H12F2O2S/c1-7(2)8-3-5-9(6-4-8)16-11(12,13)10(14)15/h3-7H,1-2H3,(H,14,15). The Morgan fingerprint density at radius 3 is 2.19 bits per heavy atom. The molecule has 0 amide bonds. The molecule has 1 aromatic rings. The number of carboxylic acids is 1. The van der Waals surface area contributed by atoms with E-state index in [2.05, 4.69) is 0 Å². The molecule has 1 rings (SSSR count). The van der Waals surface area contributed by atoms with E-state index in [0.717, 1.165) is 5.56 Å². The Balaban J connectivity index is 2.80. The third-order valence-electron chi connectivity index (χ3n) is 2.04. The van der Waals surface area contributed by atoms with Gasteiger partial charge in [-0.3, -0.25) is 0 Å². The molecule has 88 valence electrons. The van der Waals surface area contributed by atoms with Crippen molar-refractivity contribution in [2.24, 2.45) is 0 Å². The highest BCUT2D eigenvalue weighted by atomic mass is 32.2. The van der Waals surface area contributed by atoms with Gasteiger partial charge in [0, 0.05) is 4.90 Å². The lowest BCUT2D eigenvalue weighted by Crippen LogP contribution is -2.23. The third-order valence-corrected chi connectivity index (χ3v) is 2.98. The summed E-state index contributed by atoms with van der Waals surface area (Å²) in [6, 6.07) is 6.48. The molecule has 0 aliphatic rings. The van der Waals surface area contributed by atoms with Gasteiger partial charge in [-0.1, -0.05) is 26.0 Å². The van der Waals surface area contributed by atoms with Gasteiger partial charge in [0.15, 0.2) is 0 Å². The first kappa shape index (κ1) is 13.0. The van der Waals surface area contributed by atoms with Crippen LogP contribution in [0.3, 0.4) is 0 Å². The van der Waals surface area contributed by atoms with Crippen molar-refractivity contribution in [3.8, 4) is 0 Å². The molecule has 0 spiro atoms. The van der Waals surface area contributed by atoms with E-state index in [1.54, 1.807) is 12.1 Å². The minimum Gasteiger partial charge on any atom is -0.476 e. The van der Waals surface area contributed by atoms with Crippen LogP contribution in [-0.4, -0.2) is 16.3 Å². The number of carbonyl (C=O) groups is 1. The predicted molar refractivity (Wildman–Crippen MR) is 59.0 cm³/mol. The average molecular weight is 246 g/mol. The van der Waals surface area contributed by atoms with E-state index in [0.29, 0.717) is 5.92 Å². The van der Waals surface area contributed by atoms with Crippen molar-refractivity contribution in [2.75, 3.05) is 0 Å². The van der Waals surface area contributed by atoms with Gasteiger partial charge in [-0.05, 0) is 35.4 Å². The Kier molecular flexibility index (Phi) is 3.91. The minimum absolute atomic E-state index is 0.0415. The van der Waals surface area contributed by atoms with Crippen molar-refractivity contribution in [2.45, 2.75) is 29.9 Å². The summed E-state index contributed by atoms with van der Waals surface area (Å²) in [6.45, 7) is 3.99. The molecule has 0 aliphatic carbocycles. The number of hydrogen-bond acceptors (Lipinski definition) is 2. The van der Waals surface area contributed by atoms with Gasteiger partial charge in [0.1, 0.15) is 0 Å². The first-order valence-electron chi connectivity index (χ1n) is 4.73. The van der Waals surface area contributed by atoms with Crippen LogP contribution < -0.4 is 0 Å². The second kappa shape index (κ2) is 4.82. The number of hydrogen-bond donors (Lipinski definition) is 1. The van der Waals surface area contributed by atoms with Crippen LogP contribution in [0.5, 0.6) is 0 Å². The van der Waals surface area contributed by atoms with E-state index < -0.39 is 11.2 Å². The molecule has 0 radical (unpaired) electrons. The van der Waals surface area contributed by atoms with Crippen molar-refractivity contribution in [1.82, 2.24) is 0 Å². The molecular formula is C11H12F2O2S. The molecule has 1 aromatic carbocycles. The van der Waals surface area contributed by atoms with Crippen molar-refractivity contribution >= 4 is 17.7 Å². The summed E-state index contributed by atoms with van der Waals surface area (Å²) in [5.74, 6) is -1.80. The normalized spacial score (nSPS) is 11.8. The quantitative estimate of drug-likeness (QED) is 0.825. The van der Waals surface area contributed by atoms with Gasteiger partial charge < -0.3 is 5.11 Å². The minimum atomic E-state index is -3.78. The van der Waals surface area contributed by atoms with Crippen LogP contribution in [0.15, 0.2) is 29.2 Å². The van der Waals surface area contributed by atoms with Crippen LogP contribution in [-0.2, 0) is 4.79 Å². The second-order valence-corrected chi connectivity index (χ2v) is 4.84. The Morgan fingerprint density at radius 1 is 1.31 bits per heavy atom. The summed E-state index contributed by atoms with van der Waals surface area (Å²) in [5.41, 5.74) is 1.03. The lowest BCUT2D eigenvalue weighted by Gasteiger charge is -2.11. The zero-order chi connectivity index (χ0) is 12.3. The molecule has 0 aliphatic heterocycles. The largest absolute Gasteiger partial charge is 0.476 e. The van der Waals surface area contributed by atoms with Crippen LogP contribution in [0.2, 0.25) is 0 Å². The van der Waals surface area contributed by atoms with Crippen LogP contribution in [0, 0.1) is 0 Å². The number of benzene rings is 1. The summed E-state index contributed by atoms with van der Waals surface area (Å²) < 4.78 is 25.7. The van der Waals surface area contributed by atoms with Crippen LogP contribution >= 0.6 is 11.8 Å². The smallest absolute Gasteiger partial charge is 0.393 e. The monoisotopic (exact) mass is 246 g/mol. The molecule has 0 aromatic heterocycles. The fourth-order valence-electron chi connectivity index (χ4n) is 1.11. The van der Waals surface area contributed by atoms with Gasteiger partial charge in [-0.2, -0.15) is 8.78 Å². The average Bonchev–Trinajstić information content (AvgIpc) is 2.17. The van der Waals surface area contributed by atoms with Crippen molar-refractivity contribution in [1.29, 1.82) is 0 Å². The lowest BCUT2D eigenvalue weighted by atomic mass is 10.0. The summed E-state index contributed by atoms with van der Waals surface area (Å²) in [7, 11) is 0. The number of halogens is 2. The van der Waals surface area contributed by atoms with Gasteiger partial charge in [0.25, 0.3) is 0 Å². The molecule has 0 fully saturated rings. The second-order valence-electron chi connectivity index (χ2n) is 3.65. The number of rotatable bonds is 4. The van der Waals surface area contributed by atoms with Gasteiger partial charge in [0.2, 0.25) is 0 Å². The Labute approximate surface area is 96.7 Å². The van der Waals surface area contributed by atoms with Crippen LogP contribution in [0.4, 0.5) is 8.78 Å². The zero-order valence-electron chi connectivity index (χ0n) is 8.91. The van der Waals surface area contributed by atoms with Gasteiger partial charge >= 0.3 is 11.2 Å². The predicted octanol–water partition coefficient (Wildman–Crippen LogP) is 3.58. The molecule has 0 saturated heterocycles. The fourth-order valence-corrected chi connectivity index (χ4v) is 1.77. The van der Waals surface area contributed by atoms with E-state index in [9.17, 15) is 13.6 Å². The molecule has 0 atom stereocenters. The fraction of sp³-hybridized carbons (Fsp3) is 0.364. The Morgan fingerprint density at radius 2 is 1.81 bits per heavy atom. The molecule has 0 heterocycles. The van der Waals surface area contributed by atoms with Crippen LogP contribution in [0.1, 0.15) is 25.3 Å². The molecule has 0 saturated carbocycles. The first-order chi connectivity index (χ1) is 7.33. The lowest BCUT2D eigenvalue weighted by molar-refractivity contribution is -0.152. The van der Waals surface area contributed by atoms with Crippen LogP contribution in [0.25, 0.3) is 0 Å². The van der Waals surface area contributed by atoms with Gasteiger partial charge in [0.05, 0.1) is 0 Å². The number of carboxylic acid groups (broad SMARTS) is 1. The number of aliphatic carboxylic acids is 1. The van der Waals surface area contributed by atoms with Crippen molar-refractivity contribution < 1.29 is 18.7 Å². The molecule has 0 bridgehead atoms. The van der Waals surface area contributed by atoms with Crippen molar-refractivity contribution in [3.05, 3.63) is 29.8 Å². The highest BCUT2D eigenvalue weighted by molar-refractivity contribution is 8.01. The maximum absolute atomic E-state index is 12.9. The summed E-state index contributed by atoms with van der Waals surface area (Å²) in [4.78, 5) is 10.5. The van der Waals surface area contributed by atoms with E-state index in [1.807, 2.05) is 13.8 Å². The van der Waals surface area contributed by atoms with E-state index >= 15 is 0 Å². The Hall–Kier alpha value is -1.10. The SMILES string of the molecule is CC(C)c1ccc(SC(F)(F)C(=O)O)cc1. The van der Waals surface area contributed by atoms with Gasteiger partial charge in [-0.15, -0.1) is 0 Å². The van der Waals surface area contributed by atoms with E-state index in [-0.39, 0.29) is 16.7 Å². The van der Waals surface area contributed by atoms with Crippen molar-refractivity contribution in [3.63, 3.8) is 0 Å². The van der Waals surface area contributed by atoms with E-state index in [4.69, 9.17) is 5.11 Å². The molecule has 5 heteroatoms. The number of alkyl halides is 2. The first-order valence-corrected chi connectivity index (χ1v) is 5.55. The molecule has 1 N–H and O–H groups in total.